The molecule has 5 heteroatoms. The third-order valence-electron chi connectivity index (χ3n) is 2.97. The number of nitrogens with two attached hydrogens (primary N) is 1. The highest BCUT2D eigenvalue weighted by molar-refractivity contribution is 6.31. The van der Waals surface area contributed by atoms with Gasteiger partial charge in [0.2, 0.25) is 0 Å². The van der Waals surface area contributed by atoms with Gasteiger partial charge >= 0.3 is 0 Å². The van der Waals surface area contributed by atoms with E-state index < -0.39 is 0 Å². The van der Waals surface area contributed by atoms with Crippen LogP contribution in [0.25, 0.3) is 0 Å². The Hall–Kier alpha value is -1.78. The van der Waals surface area contributed by atoms with E-state index in [9.17, 15) is 4.39 Å². The van der Waals surface area contributed by atoms with Gasteiger partial charge in [-0.1, -0.05) is 29.8 Å². The van der Waals surface area contributed by atoms with Gasteiger partial charge in [-0.15, -0.1) is 0 Å². The van der Waals surface area contributed by atoms with Crippen LogP contribution in [0.3, 0.4) is 0 Å². The maximum Gasteiger partial charge on any atom is 0.166 e. The van der Waals surface area contributed by atoms with Gasteiger partial charge in [0.1, 0.15) is 12.4 Å². The summed E-state index contributed by atoms with van der Waals surface area (Å²) in [6.07, 6.45) is 0. The standard InChI is InChI=1S/C16H17ClFNO2/c1-2-20-15-5-3-4-11(9-19)16(15)21-10-12-6-7-13(18)8-14(12)17/h3-8H,2,9-10,19H2,1H3. The molecule has 0 aromatic heterocycles. The summed E-state index contributed by atoms with van der Waals surface area (Å²) in [7, 11) is 0. The van der Waals surface area contributed by atoms with E-state index in [2.05, 4.69) is 0 Å². The van der Waals surface area contributed by atoms with E-state index in [1.807, 2.05) is 25.1 Å². The predicted molar refractivity (Wildman–Crippen MR) is 81.2 cm³/mol. The lowest BCUT2D eigenvalue weighted by molar-refractivity contribution is 0.266. The van der Waals surface area contributed by atoms with Crippen molar-refractivity contribution in [2.75, 3.05) is 6.61 Å². The molecule has 0 aliphatic heterocycles. The molecule has 2 aromatic carbocycles. The summed E-state index contributed by atoms with van der Waals surface area (Å²) in [5.74, 6) is 0.863. The minimum atomic E-state index is -0.374. The molecule has 0 fully saturated rings. The van der Waals surface area contributed by atoms with Gasteiger partial charge in [-0.05, 0) is 25.1 Å². The zero-order valence-corrected chi connectivity index (χ0v) is 12.5. The van der Waals surface area contributed by atoms with Crippen LogP contribution in [0.5, 0.6) is 11.5 Å². The van der Waals surface area contributed by atoms with E-state index in [0.717, 1.165) is 5.56 Å². The SMILES string of the molecule is CCOc1cccc(CN)c1OCc1ccc(F)cc1Cl. The van der Waals surface area contributed by atoms with Gasteiger partial charge in [0, 0.05) is 17.7 Å². The number of ether oxygens (including phenoxy) is 2. The van der Waals surface area contributed by atoms with Crippen molar-refractivity contribution in [2.45, 2.75) is 20.1 Å². The summed E-state index contributed by atoms with van der Waals surface area (Å²) in [5.41, 5.74) is 7.27. The van der Waals surface area contributed by atoms with Crippen molar-refractivity contribution in [1.82, 2.24) is 0 Å². The Kier molecular flexibility index (Phi) is 5.42. The first-order valence-corrected chi connectivity index (χ1v) is 7.05. The van der Waals surface area contributed by atoms with Crippen LogP contribution in [0.4, 0.5) is 4.39 Å². The minimum absolute atomic E-state index is 0.218. The zero-order valence-electron chi connectivity index (χ0n) is 11.7. The fourth-order valence-corrected chi connectivity index (χ4v) is 2.17. The maximum absolute atomic E-state index is 13.0. The molecule has 0 saturated heterocycles. The first-order valence-electron chi connectivity index (χ1n) is 6.67. The molecule has 112 valence electrons. The summed E-state index contributed by atoms with van der Waals surface area (Å²) in [5, 5.41) is 0.332. The van der Waals surface area contributed by atoms with Gasteiger partial charge in [0.25, 0.3) is 0 Å². The zero-order chi connectivity index (χ0) is 15.2. The molecule has 2 rings (SSSR count). The monoisotopic (exact) mass is 309 g/mol. The van der Waals surface area contributed by atoms with Crippen LogP contribution in [0.15, 0.2) is 36.4 Å². The molecule has 0 spiro atoms. The quantitative estimate of drug-likeness (QED) is 0.879. The highest BCUT2D eigenvalue weighted by atomic mass is 35.5. The number of hydrogen-bond acceptors (Lipinski definition) is 3. The summed E-state index contributed by atoms with van der Waals surface area (Å²) < 4.78 is 24.4. The average molecular weight is 310 g/mol. The fraction of sp³-hybridized carbons (Fsp3) is 0.250. The Bertz CT molecular complexity index is 619. The van der Waals surface area contributed by atoms with Gasteiger partial charge in [-0.3, -0.25) is 0 Å². The van der Waals surface area contributed by atoms with E-state index in [0.29, 0.717) is 35.2 Å². The van der Waals surface area contributed by atoms with Crippen LogP contribution >= 0.6 is 11.6 Å². The van der Waals surface area contributed by atoms with Crippen LogP contribution in [-0.2, 0) is 13.2 Å². The molecule has 2 N–H and O–H groups in total. The number of para-hydroxylation sites is 1. The molecule has 0 aliphatic carbocycles. The lowest BCUT2D eigenvalue weighted by Gasteiger charge is -2.15. The second kappa shape index (κ2) is 7.29. The van der Waals surface area contributed by atoms with E-state index in [1.54, 1.807) is 6.07 Å². The van der Waals surface area contributed by atoms with E-state index in [1.165, 1.54) is 12.1 Å². The molecule has 0 saturated carbocycles. The van der Waals surface area contributed by atoms with Crippen molar-refractivity contribution < 1.29 is 13.9 Å². The molecule has 0 radical (unpaired) electrons. The second-order valence-electron chi connectivity index (χ2n) is 4.41. The lowest BCUT2D eigenvalue weighted by atomic mass is 10.2. The Morgan fingerprint density at radius 3 is 2.62 bits per heavy atom. The summed E-state index contributed by atoms with van der Waals surface area (Å²) in [4.78, 5) is 0. The highest BCUT2D eigenvalue weighted by Gasteiger charge is 2.11. The highest BCUT2D eigenvalue weighted by Crippen LogP contribution is 2.32. The van der Waals surface area contributed by atoms with Crippen molar-refractivity contribution >= 4 is 11.6 Å². The molecule has 0 unspecified atom stereocenters. The number of benzene rings is 2. The van der Waals surface area contributed by atoms with Crippen LogP contribution in [-0.4, -0.2) is 6.61 Å². The third kappa shape index (κ3) is 3.86. The fourth-order valence-electron chi connectivity index (χ4n) is 1.94. The summed E-state index contributed by atoms with van der Waals surface area (Å²) >= 11 is 5.99. The largest absolute Gasteiger partial charge is 0.490 e. The summed E-state index contributed by atoms with van der Waals surface area (Å²) in [6, 6.07) is 9.78. The van der Waals surface area contributed by atoms with E-state index >= 15 is 0 Å². The van der Waals surface area contributed by atoms with Gasteiger partial charge in [0.15, 0.2) is 11.5 Å². The number of rotatable bonds is 6. The third-order valence-corrected chi connectivity index (χ3v) is 3.32. The smallest absolute Gasteiger partial charge is 0.166 e. The van der Waals surface area contributed by atoms with Crippen molar-refractivity contribution in [2.24, 2.45) is 5.73 Å². The van der Waals surface area contributed by atoms with Gasteiger partial charge in [-0.25, -0.2) is 4.39 Å². The van der Waals surface area contributed by atoms with Crippen molar-refractivity contribution in [1.29, 1.82) is 0 Å². The Morgan fingerprint density at radius 1 is 1.14 bits per heavy atom. The molecule has 0 bridgehead atoms. The Morgan fingerprint density at radius 2 is 1.95 bits per heavy atom. The van der Waals surface area contributed by atoms with Gasteiger partial charge in [0.05, 0.1) is 11.6 Å². The molecule has 0 heterocycles. The van der Waals surface area contributed by atoms with Gasteiger partial charge < -0.3 is 15.2 Å². The van der Waals surface area contributed by atoms with Crippen LogP contribution in [0.2, 0.25) is 5.02 Å². The van der Waals surface area contributed by atoms with Crippen molar-refractivity contribution in [3.05, 3.63) is 58.4 Å². The Balaban J connectivity index is 2.22. The normalized spacial score (nSPS) is 10.5. The molecular weight excluding hydrogens is 293 g/mol. The van der Waals surface area contributed by atoms with Crippen molar-refractivity contribution in [3.63, 3.8) is 0 Å². The Labute approximate surface area is 128 Å². The molecule has 3 nitrogen and oxygen atoms in total. The molecule has 21 heavy (non-hydrogen) atoms. The predicted octanol–water partition coefficient (Wildman–Crippen LogP) is 3.92. The van der Waals surface area contributed by atoms with Crippen LogP contribution < -0.4 is 15.2 Å². The minimum Gasteiger partial charge on any atom is -0.490 e. The molecule has 2 aromatic rings. The van der Waals surface area contributed by atoms with E-state index in [4.69, 9.17) is 26.8 Å². The van der Waals surface area contributed by atoms with Crippen molar-refractivity contribution in [3.8, 4) is 11.5 Å². The lowest BCUT2D eigenvalue weighted by Crippen LogP contribution is -2.05. The topological polar surface area (TPSA) is 44.5 Å². The van der Waals surface area contributed by atoms with E-state index in [-0.39, 0.29) is 12.4 Å². The first kappa shape index (κ1) is 15.6. The maximum atomic E-state index is 13.0. The number of halogens is 2. The first-order chi connectivity index (χ1) is 10.2. The molecule has 0 aliphatic rings. The average Bonchev–Trinajstić information content (AvgIpc) is 2.47. The second-order valence-corrected chi connectivity index (χ2v) is 4.81. The molecular formula is C16H17ClFNO2. The summed E-state index contributed by atoms with van der Waals surface area (Å²) in [6.45, 7) is 2.99. The van der Waals surface area contributed by atoms with Crippen LogP contribution in [0, 0.1) is 5.82 Å². The van der Waals surface area contributed by atoms with Gasteiger partial charge in [-0.2, -0.15) is 0 Å². The number of hydrogen-bond donors (Lipinski definition) is 1. The molecule has 0 amide bonds. The molecule has 0 atom stereocenters. The van der Waals surface area contributed by atoms with Crippen LogP contribution in [0.1, 0.15) is 18.1 Å².